The van der Waals surface area contributed by atoms with Gasteiger partial charge in [-0.2, -0.15) is 4.98 Å². The molecule has 142 valence electrons. The van der Waals surface area contributed by atoms with Crippen LogP contribution in [-0.4, -0.2) is 29.9 Å². The van der Waals surface area contributed by atoms with Crippen molar-refractivity contribution >= 4 is 28.9 Å². The van der Waals surface area contributed by atoms with Crippen molar-refractivity contribution in [1.82, 2.24) is 14.6 Å². The lowest BCUT2D eigenvalue weighted by molar-refractivity contribution is 0.260. The minimum absolute atomic E-state index is 0.131. The van der Waals surface area contributed by atoms with Crippen molar-refractivity contribution in [1.29, 1.82) is 0 Å². The third-order valence-corrected chi connectivity index (χ3v) is 4.72. The fourth-order valence-corrected chi connectivity index (χ4v) is 3.19. The minimum Gasteiger partial charge on any atom is -0.508 e. The molecule has 0 radical (unpaired) electrons. The number of nitrogens with zero attached hydrogens (tertiary/aromatic N) is 3. The molecule has 0 aliphatic heterocycles. The molecule has 2 aromatic heterocycles. The van der Waals surface area contributed by atoms with Crippen molar-refractivity contribution in [2.24, 2.45) is 0 Å². The van der Waals surface area contributed by atoms with Gasteiger partial charge in [0.2, 0.25) is 5.95 Å². The van der Waals surface area contributed by atoms with Crippen molar-refractivity contribution in [3.63, 3.8) is 0 Å². The van der Waals surface area contributed by atoms with E-state index in [-0.39, 0.29) is 19.0 Å². The third kappa shape index (κ3) is 3.50. The van der Waals surface area contributed by atoms with Gasteiger partial charge in [0.1, 0.15) is 5.75 Å². The van der Waals surface area contributed by atoms with Gasteiger partial charge in [-0.3, -0.25) is 0 Å². The first-order valence-electron chi connectivity index (χ1n) is 8.53. The number of fused-ring (bicyclic) bond motifs is 1. The lowest BCUT2D eigenvalue weighted by Gasteiger charge is -2.08. The maximum Gasteiger partial charge on any atom is 0.247 e. The normalized spacial score (nSPS) is 11.1. The first-order valence-corrected chi connectivity index (χ1v) is 8.91. The van der Waals surface area contributed by atoms with Crippen LogP contribution in [0.25, 0.3) is 16.8 Å². The molecule has 2 heterocycles. The Bertz CT molecular complexity index is 1160. The smallest absolute Gasteiger partial charge is 0.247 e. The van der Waals surface area contributed by atoms with Gasteiger partial charge in [-0.15, -0.1) is 5.10 Å². The van der Waals surface area contributed by atoms with Crippen LogP contribution in [0.15, 0.2) is 54.7 Å². The largest absolute Gasteiger partial charge is 0.508 e. The highest BCUT2D eigenvalue weighted by Gasteiger charge is 2.10. The Morgan fingerprint density at radius 2 is 1.79 bits per heavy atom. The first-order chi connectivity index (χ1) is 13.6. The quantitative estimate of drug-likeness (QED) is 0.412. The predicted molar refractivity (Wildman–Crippen MR) is 107 cm³/mol. The van der Waals surface area contributed by atoms with E-state index in [0.717, 1.165) is 5.56 Å². The minimum atomic E-state index is -0.169. The number of aliphatic hydroxyl groups is 2. The Hall–Kier alpha value is -3.13. The molecule has 2 aromatic carbocycles. The number of benzene rings is 2. The van der Waals surface area contributed by atoms with Gasteiger partial charge >= 0.3 is 0 Å². The topological polar surface area (TPSA) is 103 Å². The van der Waals surface area contributed by atoms with E-state index < -0.39 is 0 Å². The molecule has 0 amide bonds. The van der Waals surface area contributed by atoms with Crippen molar-refractivity contribution in [2.75, 3.05) is 5.32 Å². The number of rotatable bonds is 5. The van der Waals surface area contributed by atoms with Gasteiger partial charge < -0.3 is 20.6 Å². The standard InChI is InChI=1S/C20H17ClN4O3/c21-18-5-4-16(28)8-17(18)12-2-6-19-23-20(24-25(19)9-12)22-15-3-1-13(10-26)14(7-15)11-27/h1-9,26-28H,10-11H2,(H,22,24). The lowest BCUT2D eigenvalue weighted by Crippen LogP contribution is -1.98. The predicted octanol–water partition coefficient (Wildman–Crippen LogP) is 3.48. The Labute approximate surface area is 165 Å². The van der Waals surface area contributed by atoms with Gasteiger partial charge in [-0.25, -0.2) is 4.52 Å². The van der Waals surface area contributed by atoms with E-state index in [4.69, 9.17) is 11.6 Å². The highest BCUT2D eigenvalue weighted by Crippen LogP contribution is 2.31. The Morgan fingerprint density at radius 1 is 0.964 bits per heavy atom. The van der Waals surface area contributed by atoms with Gasteiger partial charge in [0.25, 0.3) is 0 Å². The van der Waals surface area contributed by atoms with Gasteiger partial charge in [-0.05, 0) is 53.6 Å². The van der Waals surface area contributed by atoms with Crippen LogP contribution in [0.1, 0.15) is 11.1 Å². The summed E-state index contributed by atoms with van der Waals surface area (Å²) in [7, 11) is 0. The molecule has 8 heteroatoms. The van der Waals surface area contributed by atoms with E-state index in [0.29, 0.717) is 39.0 Å². The third-order valence-electron chi connectivity index (χ3n) is 4.40. The molecule has 4 rings (SSSR count). The molecule has 7 nitrogen and oxygen atoms in total. The second-order valence-corrected chi connectivity index (χ2v) is 6.65. The number of aromatic nitrogens is 3. The second kappa shape index (κ2) is 7.47. The molecule has 0 unspecified atom stereocenters. The summed E-state index contributed by atoms with van der Waals surface area (Å²) in [5.74, 6) is 0.520. The van der Waals surface area contributed by atoms with Crippen molar-refractivity contribution in [2.45, 2.75) is 13.2 Å². The maximum absolute atomic E-state index is 9.72. The molecule has 0 saturated carbocycles. The first kappa shape index (κ1) is 18.2. The molecular formula is C20H17ClN4O3. The van der Waals surface area contributed by atoms with Crippen LogP contribution in [0.2, 0.25) is 5.02 Å². The Morgan fingerprint density at radius 3 is 2.57 bits per heavy atom. The van der Waals surface area contributed by atoms with Crippen LogP contribution in [0.3, 0.4) is 0 Å². The second-order valence-electron chi connectivity index (χ2n) is 6.24. The molecule has 0 aliphatic carbocycles. The highest BCUT2D eigenvalue weighted by atomic mass is 35.5. The summed E-state index contributed by atoms with van der Waals surface area (Å²) in [4.78, 5) is 4.43. The molecule has 0 fully saturated rings. The summed E-state index contributed by atoms with van der Waals surface area (Å²) in [6.07, 6.45) is 1.78. The van der Waals surface area contributed by atoms with E-state index in [1.54, 1.807) is 41.0 Å². The number of phenols is 1. The van der Waals surface area contributed by atoms with Crippen molar-refractivity contribution in [3.8, 4) is 16.9 Å². The summed E-state index contributed by atoms with van der Waals surface area (Å²) in [5, 5.41) is 36.5. The Kier molecular flexibility index (Phi) is 4.87. The summed E-state index contributed by atoms with van der Waals surface area (Å²) < 4.78 is 1.62. The van der Waals surface area contributed by atoms with E-state index in [2.05, 4.69) is 15.4 Å². The van der Waals surface area contributed by atoms with Gasteiger partial charge in [0.05, 0.1) is 13.2 Å². The monoisotopic (exact) mass is 396 g/mol. The zero-order chi connectivity index (χ0) is 19.7. The highest BCUT2D eigenvalue weighted by molar-refractivity contribution is 6.33. The number of pyridine rings is 1. The van der Waals surface area contributed by atoms with Gasteiger partial charge in [0.15, 0.2) is 5.65 Å². The van der Waals surface area contributed by atoms with E-state index in [1.807, 2.05) is 12.1 Å². The molecule has 0 atom stereocenters. The molecular weight excluding hydrogens is 380 g/mol. The van der Waals surface area contributed by atoms with Crippen LogP contribution in [0, 0.1) is 0 Å². The molecule has 28 heavy (non-hydrogen) atoms. The zero-order valence-corrected chi connectivity index (χ0v) is 15.4. The fourth-order valence-electron chi connectivity index (χ4n) is 2.96. The SMILES string of the molecule is OCc1ccc(Nc2nc3ccc(-c4cc(O)ccc4Cl)cn3n2)cc1CO. The van der Waals surface area contributed by atoms with Crippen LogP contribution >= 0.6 is 11.6 Å². The lowest BCUT2D eigenvalue weighted by atomic mass is 10.1. The zero-order valence-electron chi connectivity index (χ0n) is 14.7. The van der Waals surface area contributed by atoms with Gasteiger partial charge in [0, 0.05) is 28.0 Å². The summed E-state index contributed by atoms with van der Waals surface area (Å²) >= 11 is 6.24. The van der Waals surface area contributed by atoms with Crippen molar-refractivity contribution in [3.05, 3.63) is 70.9 Å². The van der Waals surface area contributed by atoms with Crippen LogP contribution in [0.4, 0.5) is 11.6 Å². The number of phenolic OH excluding ortho intramolecular Hbond substituents is 1. The average Bonchev–Trinajstić information content (AvgIpc) is 3.11. The summed E-state index contributed by atoms with van der Waals surface area (Å²) in [6.45, 7) is -0.304. The fraction of sp³-hybridized carbons (Fsp3) is 0.100. The summed E-state index contributed by atoms with van der Waals surface area (Å²) in [5.41, 5.74) is 4.13. The number of aromatic hydroxyl groups is 1. The number of hydrogen-bond acceptors (Lipinski definition) is 6. The molecule has 0 aliphatic rings. The number of anilines is 2. The maximum atomic E-state index is 9.72. The van der Waals surface area contributed by atoms with Crippen LogP contribution < -0.4 is 5.32 Å². The van der Waals surface area contributed by atoms with Gasteiger partial charge in [-0.1, -0.05) is 17.7 Å². The van der Waals surface area contributed by atoms with Crippen molar-refractivity contribution < 1.29 is 15.3 Å². The molecule has 0 saturated heterocycles. The number of aliphatic hydroxyl groups excluding tert-OH is 2. The van der Waals surface area contributed by atoms with E-state index in [9.17, 15) is 15.3 Å². The van der Waals surface area contributed by atoms with E-state index in [1.165, 1.54) is 6.07 Å². The molecule has 4 N–H and O–H groups in total. The van der Waals surface area contributed by atoms with Crippen LogP contribution in [-0.2, 0) is 13.2 Å². The molecule has 0 bridgehead atoms. The average molecular weight is 397 g/mol. The number of halogens is 1. The summed E-state index contributed by atoms with van der Waals surface area (Å²) in [6, 6.07) is 13.7. The number of hydrogen-bond donors (Lipinski definition) is 4. The van der Waals surface area contributed by atoms with Crippen LogP contribution in [0.5, 0.6) is 5.75 Å². The van der Waals surface area contributed by atoms with E-state index >= 15 is 0 Å². The molecule has 0 spiro atoms. The Balaban J connectivity index is 1.66. The molecule has 4 aromatic rings. The number of nitrogens with one attached hydrogen (secondary N) is 1.